The second kappa shape index (κ2) is 5.98. The van der Waals surface area contributed by atoms with E-state index in [1.54, 1.807) is 0 Å². The molecule has 0 aromatic heterocycles. The lowest BCUT2D eigenvalue weighted by Gasteiger charge is -2.42. The quantitative estimate of drug-likeness (QED) is 0.524. The average Bonchev–Trinajstić information content (AvgIpc) is 2.27. The van der Waals surface area contributed by atoms with E-state index in [0.717, 1.165) is 25.3 Å². The van der Waals surface area contributed by atoms with Gasteiger partial charge in [-0.05, 0) is 52.0 Å². The molecule has 112 valence electrons. The van der Waals surface area contributed by atoms with Crippen molar-refractivity contribution in [2.75, 3.05) is 0 Å². The van der Waals surface area contributed by atoms with E-state index in [0.29, 0.717) is 0 Å². The molecule has 1 fully saturated rings. The van der Waals surface area contributed by atoms with Gasteiger partial charge >= 0.3 is 5.97 Å². The van der Waals surface area contributed by atoms with Crippen LogP contribution in [0.2, 0.25) is 25.7 Å². The highest BCUT2D eigenvalue weighted by molar-refractivity contribution is 6.76. The van der Waals surface area contributed by atoms with Crippen LogP contribution >= 0.6 is 0 Å². The van der Waals surface area contributed by atoms with E-state index >= 15 is 0 Å². The molecule has 0 amide bonds. The lowest BCUT2D eigenvalue weighted by Crippen LogP contribution is -2.45. The molecule has 0 saturated heterocycles. The summed E-state index contributed by atoms with van der Waals surface area (Å²) < 4.78 is 6.11. The zero-order chi connectivity index (χ0) is 14.7. The SMILES string of the molecule is CCC(C)(C)C(=O)OC1(C[Si](C)(C)C)CCCCC1. The van der Waals surface area contributed by atoms with Gasteiger partial charge in [0.1, 0.15) is 5.60 Å². The van der Waals surface area contributed by atoms with Crippen molar-refractivity contribution in [2.24, 2.45) is 5.41 Å². The molecule has 0 N–H and O–H groups in total. The highest BCUT2D eigenvalue weighted by atomic mass is 28.3. The monoisotopic (exact) mass is 284 g/mol. The van der Waals surface area contributed by atoms with Gasteiger partial charge in [-0.3, -0.25) is 4.79 Å². The Morgan fingerprint density at radius 1 is 1.16 bits per heavy atom. The number of esters is 1. The van der Waals surface area contributed by atoms with Gasteiger partial charge < -0.3 is 4.74 Å². The van der Waals surface area contributed by atoms with Crippen LogP contribution in [-0.2, 0) is 9.53 Å². The zero-order valence-corrected chi connectivity index (χ0v) is 14.8. The molecule has 0 aromatic rings. The summed E-state index contributed by atoms with van der Waals surface area (Å²) >= 11 is 0. The summed E-state index contributed by atoms with van der Waals surface area (Å²) in [5.41, 5.74) is -0.490. The predicted octanol–water partition coefficient (Wildman–Crippen LogP) is 5.01. The molecule has 0 atom stereocenters. The molecular formula is C16H32O2Si. The smallest absolute Gasteiger partial charge is 0.312 e. The third-order valence-electron chi connectivity index (χ3n) is 4.36. The van der Waals surface area contributed by atoms with Crippen molar-refractivity contribution >= 4 is 14.0 Å². The summed E-state index contributed by atoms with van der Waals surface area (Å²) in [6.07, 6.45) is 6.71. The van der Waals surface area contributed by atoms with Crippen LogP contribution in [0.1, 0.15) is 59.3 Å². The van der Waals surface area contributed by atoms with Crippen LogP contribution in [0.15, 0.2) is 0 Å². The number of carbonyl (C=O) groups excluding carboxylic acids is 1. The first-order valence-electron chi connectivity index (χ1n) is 7.84. The molecule has 0 unspecified atom stereocenters. The van der Waals surface area contributed by atoms with E-state index in [9.17, 15) is 4.79 Å². The second-order valence-electron chi connectivity index (χ2n) is 8.11. The maximum atomic E-state index is 12.4. The molecule has 0 spiro atoms. The van der Waals surface area contributed by atoms with Gasteiger partial charge in [0.15, 0.2) is 0 Å². The Morgan fingerprint density at radius 3 is 2.11 bits per heavy atom. The number of rotatable bonds is 5. The summed E-state index contributed by atoms with van der Waals surface area (Å²) in [5.74, 6) is 0.00940. The fourth-order valence-electron chi connectivity index (χ4n) is 2.96. The molecule has 0 heterocycles. The molecule has 0 aliphatic heterocycles. The van der Waals surface area contributed by atoms with E-state index in [1.165, 1.54) is 19.3 Å². The minimum Gasteiger partial charge on any atom is -0.459 e. The lowest BCUT2D eigenvalue weighted by molar-refractivity contribution is -0.172. The van der Waals surface area contributed by atoms with E-state index in [2.05, 4.69) is 26.6 Å². The molecule has 1 saturated carbocycles. The molecule has 0 bridgehead atoms. The largest absolute Gasteiger partial charge is 0.459 e. The first kappa shape index (κ1) is 16.7. The number of ether oxygens (including phenoxy) is 1. The van der Waals surface area contributed by atoms with E-state index < -0.39 is 8.07 Å². The van der Waals surface area contributed by atoms with Crippen LogP contribution in [0, 0.1) is 5.41 Å². The Labute approximate surface area is 120 Å². The highest BCUT2D eigenvalue weighted by Gasteiger charge is 2.42. The van der Waals surface area contributed by atoms with Gasteiger partial charge in [0.05, 0.1) is 5.41 Å². The van der Waals surface area contributed by atoms with Crippen molar-refractivity contribution in [3.8, 4) is 0 Å². The third-order valence-corrected chi connectivity index (χ3v) is 6.07. The fraction of sp³-hybridized carbons (Fsp3) is 0.938. The Bertz CT molecular complexity index is 309. The molecule has 1 aliphatic carbocycles. The van der Waals surface area contributed by atoms with Crippen LogP contribution in [-0.4, -0.2) is 19.6 Å². The van der Waals surface area contributed by atoms with Gasteiger partial charge in [-0.1, -0.05) is 33.0 Å². The number of hydrogen-bond acceptors (Lipinski definition) is 2. The third kappa shape index (κ3) is 4.94. The molecule has 19 heavy (non-hydrogen) atoms. The normalized spacial score (nSPS) is 20.1. The minimum absolute atomic E-state index is 0.00940. The standard InChI is InChI=1S/C16H32O2Si/c1-7-15(2,3)14(17)18-16(13-19(4,5)6)11-9-8-10-12-16/h7-13H2,1-6H3. The van der Waals surface area contributed by atoms with Crippen molar-refractivity contribution in [1.82, 2.24) is 0 Å². The summed E-state index contributed by atoms with van der Waals surface area (Å²) in [5, 5.41) is 0. The minimum atomic E-state index is -1.23. The zero-order valence-electron chi connectivity index (χ0n) is 13.8. The molecule has 1 rings (SSSR count). The van der Waals surface area contributed by atoms with Crippen molar-refractivity contribution in [1.29, 1.82) is 0 Å². The molecule has 1 aliphatic rings. The fourth-order valence-corrected chi connectivity index (χ4v) is 5.32. The summed E-state index contributed by atoms with van der Waals surface area (Å²) in [6, 6.07) is 1.12. The molecule has 0 radical (unpaired) electrons. The predicted molar refractivity (Wildman–Crippen MR) is 84.1 cm³/mol. The van der Waals surface area contributed by atoms with Crippen LogP contribution in [0.5, 0.6) is 0 Å². The number of carbonyl (C=O) groups is 1. The molecule has 3 heteroatoms. The van der Waals surface area contributed by atoms with Crippen molar-refractivity contribution in [3.05, 3.63) is 0 Å². The average molecular weight is 285 g/mol. The Kier molecular flexibility index (Phi) is 5.27. The maximum Gasteiger partial charge on any atom is 0.312 e. The van der Waals surface area contributed by atoms with Gasteiger partial charge in [0.2, 0.25) is 0 Å². The van der Waals surface area contributed by atoms with Gasteiger partial charge in [-0.15, -0.1) is 0 Å². The van der Waals surface area contributed by atoms with Gasteiger partial charge in [0.25, 0.3) is 0 Å². The topological polar surface area (TPSA) is 26.3 Å². The maximum absolute atomic E-state index is 12.4. The van der Waals surface area contributed by atoms with Crippen LogP contribution < -0.4 is 0 Å². The van der Waals surface area contributed by atoms with E-state index in [1.807, 2.05) is 13.8 Å². The van der Waals surface area contributed by atoms with Crippen LogP contribution in [0.4, 0.5) is 0 Å². The first-order chi connectivity index (χ1) is 8.60. The molecular weight excluding hydrogens is 252 g/mol. The van der Waals surface area contributed by atoms with Gasteiger partial charge in [0, 0.05) is 8.07 Å². The highest BCUT2D eigenvalue weighted by Crippen LogP contribution is 2.40. The Balaban J connectivity index is 2.83. The van der Waals surface area contributed by atoms with E-state index in [4.69, 9.17) is 4.74 Å². The number of hydrogen-bond donors (Lipinski definition) is 0. The summed E-state index contributed by atoms with van der Waals surface area (Å²) in [6.45, 7) is 13.2. The summed E-state index contributed by atoms with van der Waals surface area (Å²) in [4.78, 5) is 12.4. The van der Waals surface area contributed by atoms with Crippen molar-refractivity contribution in [3.63, 3.8) is 0 Å². The lowest BCUT2D eigenvalue weighted by atomic mass is 9.84. The van der Waals surface area contributed by atoms with Crippen LogP contribution in [0.25, 0.3) is 0 Å². The Hall–Kier alpha value is -0.313. The molecule has 0 aromatic carbocycles. The van der Waals surface area contributed by atoms with E-state index in [-0.39, 0.29) is 17.0 Å². The second-order valence-corrected chi connectivity index (χ2v) is 13.6. The Morgan fingerprint density at radius 2 is 1.68 bits per heavy atom. The van der Waals surface area contributed by atoms with Crippen molar-refractivity contribution < 1.29 is 9.53 Å². The van der Waals surface area contributed by atoms with Gasteiger partial charge in [-0.2, -0.15) is 0 Å². The van der Waals surface area contributed by atoms with Gasteiger partial charge in [-0.25, -0.2) is 0 Å². The van der Waals surface area contributed by atoms with Crippen LogP contribution in [0.3, 0.4) is 0 Å². The van der Waals surface area contributed by atoms with Crippen molar-refractivity contribution in [2.45, 2.75) is 90.6 Å². The molecule has 2 nitrogen and oxygen atoms in total. The summed E-state index contributed by atoms with van der Waals surface area (Å²) in [7, 11) is -1.23. The first-order valence-corrected chi connectivity index (χ1v) is 11.5.